The van der Waals surface area contributed by atoms with Crippen LogP contribution < -0.4 is 0 Å². The van der Waals surface area contributed by atoms with Crippen molar-refractivity contribution in [2.45, 2.75) is 19.8 Å². The molecule has 0 aromatic carbocycles. The van der Waals surface area contributed by atoms with Gasteiger partial charge < -0.3 is 0 Å². The molecule has 0 aliphatic rings. The summed E-state index contributed by atoms with van der Waals surface area (Å²) in [6, 6.07) is 0. The maximum atomic E-state index is 11.0. The van der Waals surface area contributed by atoms with E-state index in [9.17, 15) is 12.9 Å². The van der Waals surface area contributed by atoms with E-state index in [1.54, 1.807) is 0 Å². The van der Waals surface area contributed by atoms with Crippen LogP contribution in [0.4, 0.5) is 4.53 Å². The van der Waals surface area contributed by atoms with E-state index in [0.29, 0.717) is 12.8 Å². The SMILES string of the molecule is CCCCS(=O)(=O)OF.S. The van der Waals surface area contributed by atoms with Gasteiger partial charge in [-0.2, -0.15) is 21.9 Å². The Morgan fingerprint density at radius 1 is 1.50 bits per heavy atom. The largest absolute Gasteiger partial charge is 0.297 e. The summed E-state index contributed by atoms with van der Waals surface area (Å²) in [7, 11) is -3.85. The van der Waals surface area contributed by atoms with Gasteiger partial charge in [0.25, 0.3) is 10.1 Å². The maximum absolute atomic E-state index is 11.0. The van der Waals surface area contributed by atoms with Gasteiger partial charge in [0.05, 0.1) is 5.75 Å². The monoisotopic (exact) mass is 190 g/mol. The minimum Gasteiger partial charge on any atom is -0.197 e. The summed E-state index contributed by atoms with van der Waals surface area (Å²) in [6.07, 6.45) is 1.15. The molecule has 0 amide bonds. The van der Waals surface area contributed by atoms with E-state index in [4.69, 9.17) is 0 Å². The Kier molecular flexibility index (Phi) is 7.62. The lowest BCUT2D eigenvalue weighted by Crippen LogP contribution is -2.04. The third-order valence-corrected chi connectivity index (χ3v) is 1.82. The van der Waals surface area contributed by atoms with Crippen LogP contribution in [-0.2, 0) is 14.5 Å². The zero-order valence-corrected chi connectivity index (χ0v) is 7.45. The van der Waals surface area contributed by atoms with Crippen molar-refractivity contribution >= 4 is 23.6 Å². The summed E-state index contributed by atoms with van der Waals surface area (Å²) >= 11 is 0. The second-order valence-electron chi connectivity index (χ2n) is 1.68. The quantitative estimate of drug-likeness (QED) is 0.667. The molecule has 64 valence electrons. The first kappa shape index (κ1) is 12.8. The number of rotatable bonds is 4. The second kappa shape index (κ2) is 5.94. The van der Waals surface area contributed by atoms with Crippen LogP contribution in [0.2, 0.25) is 0 Å². The first-order valence-electron chi connectivity index (χ1n) is 2.65. The highest BCUT2D eigenvalue weighted by atomic mass is 32.2. The van der Waals surface area contributed by atoms with Gasteiger partial charge in [-0.1, -0.05) is 17.7 Å². The van der Waals surface area contributed by atoms with Gasteiger partial charge in [0, 0.05) is 0 Å². The highest BCUT2D eigenvalue weighted by Gasteiger charge is 2.08. The van der Waals surface area contributed by atoms with Gasteiger partial charge in [-0.15, -0.1) is 0 Å². The fourth-order valence-corrected chi connectivity index (χ4v) is 1.06. The summed E-state index contributed by atoms with van der Waals surface area (Å²) in [5, 5.41) is 0. The molecule has 3 nitrogen and oxygen atoms in total. The molecule has 0 bridgehead atoms. The van der Waals surface area contributed by atoms with Gasteiger partial charge >= 0.3 is 0 Å². The van der Waals surface area contributed by atoms with E-state index >= 15 is 0 Å². The topological polar surface area (TPSA) is 43.4 Å². The van der Waals surface area contributed by atoms with E-state index in [2.05, 4.69) is 4.39 Å². The lowest BCUT2D eigenvalue weighted by Gasteiger charge is -1.92. The van der Waals surface area contributed by atoms with E-state index in [0.717, 1.165) is 0 Å². The smallest absolute Gasteiger partial charge is 0.197 e. The van der Waals surface area contributed by atoms with Crippen molar-refractivity contribution in [2.75, 3.05) is 5.75 Å². The number of hydrogen-bond acceptors (Lipinski definition) is 3. The highest BCUT2D eigenvalue weighted by Crippen LogP contribution is 1.98. The van der Waals surface area contributed by atoms with Gasteiger partial charge in [-0.3, -0.25) is 0 Å². The average molecular weight is 190 g/mol. The zero-order chi connectivity index (χ0) is 7.33. The predicted molar refractivity (Wildman–Crippen MR) is 41.3 cm³/mol. The third-order valence-electron chi connectivity index (χ3n) is 0.844. The summed E-state index contributed by atoms with van der Waals surface area (Å²) in [5.74, 6) is -0.236. The Hall–Kier alpha value is 0.190. The molecule has 0 aromatic heterocycles. The molecule has 0 unspecified atom stereocenters. The molecule has 0 saturated carbocycles. The van der Waals surface area contributed by atoms with E-state index in [1.807, 2.05) is 6.92 Å². The van der Waals surface area contributed by atoms with Gasteiger partial charge in [0.1, 0.15) is 0 Å². The predicted octanol–water partition coefficient (Wildman–Crippen LogP) is 1.13. The summed E-state index contributed by atoms with van der Waals surface area (Å²) in [4.78, 5) is 0. The molecule has 0 aliphatic heterocycles. The minimum absolute atomic E-state index is 0. The lowest BCUT2D eigenvalue weighted by atomic mass is 10.4. The molecule has 0 aliphatic carbocycles. The Morgan fingerprint density at radius 2 is 2.00 bits per heavy atom. The Balaban J connectivity index is 0. The van der Waals surface area contributed by atoms with Crippen LogP contribution in [0.1, 0.15) is 19.8 Å². The first-order valence-corrected chi connectivity index (χ1v) is 4.23. The van der Waals surface area contributed by atoms with Gasteiger partial charge in [-0.25, -0.2) is 0 Å². The van der Waals surface area contributed by atoms with Crippen molar-refractivity contribution in [2.24, 2.45) is 0 Å². The van der Waals surface area contributed by atoms with E-state index < -0.39 is 10.1 Å². The molecule has 0 fully saturated rings. The van der Waals surface area contributed by atoms with Crippen LogP contribution in [-0.4, -0.2) is 14.2 Å². The molecule has 0 aromatic rings. The van der Waals surface area contributed by atoms with E-state index in [-0.39, 0.29) is 19.2 Å². The van der Waals surface area contributed by atoms with Gasteiger partial charge in [-0.05, 0) is 10.9 Å². The molecule has 0 atom stereocenters. The van der Waals surface area contributed by atoms with Crippen LogP contribution in [0, 0.1) is 0 Å². The van der Waals surface area contributed by atoms with Gasteiger partial charge in [0.2, 0.25) is 0 Å². The molecule has 10 heavy (non-hydrogen) atoms. The summed E-state index contributed by atoms with van der Waals surface area (Å²) in [5.41, 5.74) is 0. The average Bonchev–Trinajstić information content (AvgIpc) is 1.84. The number of unbranched alkanes of at least 4 members (excludes halogenated alkanes) is 1. The van der Waals surface area contributed by atoms with E-state index in [1.165, 1.54) is 0 Å². The fourth-order valence-electron chi connectivity index (χ4n) is 0.353. The molecular weight excluding hydrogens is 179 g/mol. The number of halogens is 1. The zero-order valence-electron chi connectivity index (χ0n) is 5.63. The molecule has 0 saturated heterocycles. The van der Waals surface area contributed by atoms with Crippen molar-refractivity contribution in [1.29, 1.82) is 0 Å². The molecule has 6 heteroatoms. The normalized spacial score (nSPS) is 10.6. The van der Waals surface area contributed by atoms with Crippen molar-refractivity contribution < 1.29 is 17.3 Å². The van der Waals surface area contributed by atoms with Crippen molar-refractivity contribution in [3.05, 3.63) is 0 Å². The Bertz CT molecular complexity index is 154. The Labute approximate surface area is 67.0 Å². The van der Waals surface area contributed by atoms with Crippen LogP contribution >= 0.6 is 13.5 Å². The highest BCUT2D eigenvalue weighted by molar-refractivity contribution is 7.86. The fraction of sp³-hybridized carbons (Fsp3) is 1.00. The summed E-state index contributed by atoms with van der Waals surface area (Å²) < 4.78 is 34.0. The van der Waals surface area contributed by atoms with Crippen molar-refractivity contribution in [3.8, 4) is 0 Å². The second-order valence-corrected chi connectivity index (χ2v) is 3.33. The number of hydrogen-bond donors (Lipinski definition) is 0. The molecule has 0 spiro atoms. The molecule has 0 heterocycles. The summed E-state index contributed by atoms with van der Waals surface area (Å²) in [6.45, 7) is 1.81. The standard InChI is InChI=1S/C4H9FO3S.H2S/c1-2-3-4-9(6,7)8-5;/h2-4H2,1H3;1H2. The van der Waals surface area contributed by atoms with Gasteiger partial charge in [0.15, 0.2) is 0 Å². The van der Waals surface area contributed by atoms with Crippen LogP contribution in [0.25, 0.3) is 0 Å². The van der Waals surface area contributed by atoms with Crippen LogP contribution in [0.3, 0.4) is 0 Å². The van der Waals surface area contributed by atoms with Crippen molar-refractivity contribution in [3.63, 3.8) is 0 Å². The lowest BCUT2D eigenvalue weighted by molar-refractivity contribution is 0.00290. The molecular formula is C4H11FO3S2. The molecule has 0 N–H and O–H groups in total. The van der Waals surface area contributed by atoms with Crippen molar-refractivity contribution in [1.82, 2.24) is 0 Å². The molecule has 0 rings (SSSR count). The molecule has 0 radical (unpaired) electrons. The third kappa shape index (κ3) is 6.31. The Morgan fingerprint density at radius 3 is 2.30 bits per heavy atom. The first-order chi connectivity index (χ1) is 4.12. The maximum Gasteiger partial charge on any atom is 0.297 e. The van der Waals surface area contributed by atoms with Crippen LogP contribution in [0.5, 0.6) is 0 Å². The minimum atomic E-state index is -3.85. The van der Waals surface area contributed by atoms with Crippen LogP contribution in [0.15, 0.2) is 0 Å².